The average molecular weight is 350 g/mol. The fraction of sp³-hybridized carbons (Fsp3) is 0.538. The number of benzene rings is 1. The molecule has 2 N–H and O–H groups in total. The van der Waals surface area contributed by atoms with E-state index in [0.29, 0.717) is 17.7 Å². The molecular weight excluding hydrogens is 330 g/mol. The van der Waals surface area contributed by atoms with Crippen molar-refractivity contribution in [3.8, 4) is 0 Å². The number of piperidine rings is 1. The second-order valence-electron chi connectivity index (χ2n) is 5.30. The summed E-state index contributed by atoms with van der Waals surface area (Å²) in [5.41, 5.74) is 0.377. The lowest BCUT2D eigenvalue weighted by atomic mass is 10.1. The van der Waals surface area contributed by atoms with E-state index in [4.69, 9.17) is 0 Å². The normalized spacial score (nSPS) is 18.5. The van der Waals surface area contributed by atoms with Gasteiger partial charge in [0.1, 0.15) is 0 Å². The van der Waals surface area contributed by atoms with Crippen molar-refractivity contribution in [1.82, 2.24) is 10.0 Å². The lowest BCUT2D eigenvalue weighted by Crippen LogP contribution is -2.45. The molecule has 124 valence electrons. The van der Waals surface area contributed by atoms with Crippen molar-refractivity contribution in [3.05, 3.63) is 33.4 Å². The number of nitro groups is 1. The Kier molecular flexibility index (Phi) is 6.30. The number of halogens is 1. The molecule has 1 aromatic carbocycles. The molecule has 1 atom stereocenters. The molecule has 1 aromatic rings. The Morgan fingerprint density at radius 2 is 1.95 bits per heavy atom. The van der Waals surface area contributed by atoms with Crippen LogP contribution >= 0.6 is 12.4 Å². The van der Waals surface area contributed by atoms with Gasteiger partial charge in [-0.25, -0.2) is 13.1 Å². The van der Waals surface area contributed by atoms with Crippen LogP contribution in [0.2, 0.25) is 0 Å². The Morgan fingerprint density at radius 3 is 2.50 bits per heavy atom. The maximum Gasteiger partial charge on any atom is 0.292 e. The van der Waals surface area contributed by atoms with Crippen molar-refractivity contribution < 1.29 is 13.3 Å². The highest BCUT2D eigenvalue weighted by atomic mass is 35.5. The van der Waals surface area contributed by atoms with Gasteiger partial charge in [0.15, 0.2) is 4.90 Å². The molecule has 0 aliphatic carbocycles. The zero-order chi connectivity index (χ0) is 15.6. The number of hydrogen-bond donors (Lipinski definition) is 2. The smallest absolute Gasteiger partial charge is 0.292 e. The monoisotopic (exact) mass is 349 g/mol. The van der Waals surface area contributed by atoms with E-state index in [0.717, 1.165) is 19.4 Å². The predicted molar refractivity (Wildman–Crippen MR) is 86.0 cm³/mol. The van der Waals surface area contributed by atoms with Gasteiger partial charge in [0.25, 0.3) is 5.69 Å². The van der Waals surface area contributed by atoms with E-state index in [1.807, 2.05) is 0 Å². The Hall–Kier alpha value is -1.22. The first-order chi connectivity index (χ1) is 9.83. The number of hydrogen-bond acceptors (Lipinski definition) is 5. The van der Waals surface area contributed by atoms with Crippen molar-refractivity contribution in [2.75, 3.05) is 13.1 Å². The summed E-state index contributed by atoms with van der Waals surface area (Å²) in [5, 5.41) is 14.3. The maximum atomic E-state index is 12.6. The van der Waals surface area contributed by atoms with Gasteiger partial charge in [0.2, 0.25) is 10.0 Å². The molecule has 0 saturated carbocycles. The summed E-state index contributed by atoms with van der Waals surface area (Å²) in [4.78, 5) is 10.4. The molecule has 22 heavy (non-hydrogen) atoms. The van der Waals surface area contributed by atoms with Gasteiger partial charge in [-0.2, -0.15) is 0 Å². The topological polar surface area (TPSA) is 101 Å². The molecule has 7 nitrogen and oxygen atoms in total. The lowest BCUT2D eigenvalue weighted by molar-refractivity contribution is -0.388. The van der Waals surface area contributed by atoms with E-state index in [1.165, 1.54) is 0 Å². The fourth-order valence-electron chi connectivity index (χ4n) is 2.57. The van der Waals surface area contributed by atoms with Crippen molar-refractivity contribution in [2.24, 2.45) is 0 Å². The highest BCUT2D eigenvalue weighted by Crippen LogP contribution is 2.30. The first kappa shape index (κ1) is 18.8. The molecule has 0 amide bonds. The van der Waals surface area contributed by atoms with Crippen LogP contribution in [-0.2, 0) is 10.0 Å². The van der Waals surface area contributed by atoms with Gasteiger partial charge in [-0.1, -0.05) is 12.1 Å². The van der Waals surface area contributed by atoms with Crippen LogP contribution in [0, 0.1) is 24.0 Å². The lowest BCUT2D eigenvalue weighted by Gasteiger charge is -2.24. The molecule has 2 rings (SSSR count). The maximum absolute atomic E-state index is 12.6. The van der Waals surface area contributed by atoms with Crippen molar-refractivity contribution in [2.45, 2.75) is 37.6 Å². The van der Waals surface area contributed by atoms with Crippen LogP contribution in [0.5, 0.6) is 0 Å². The summed E-state index contributed by atoms with van der Waals surface area (Å²) < 4.78 is 27.7. The van der Waals surface area contributed by atoms with Gasteiger partial charge in [-0.3, -0.25) is 10.1 Å². The molecule has 1 fully saturated rings. The number of sulfonamides is 1. The van der Waals surface area contributed by atoms with E-state index in [9.17, 15) is 18.5 Å². The number of rotatable bonds is 4. The van der Waals surface area contributed by atoms with Crippen molar-refractivity contribution in [1.29, 1.82) is 0 Å². The summed E-state index contributed by atoms with van der Waals surface area (Å²) in [6.45, 7) is 4.51. The molecule has 0 aromatic heterocycles. The number of nitrogens with zero attached hydrogens (tertiary/aromatic N) is 1. The van der Waals surface area contributed by atoms with E-state index >= 15 is 0 Å². The van der Waals surface area contributed by atoms with Gasteiger partial charge in [0.05, 0.1) is 4.92 Å². The second kappa shape index (κ2) is 7.36. The van der Waals surface area contributed by atoms with Crippen LogP contribution in [0.15, 0.2) is 17.0 Å². The summed E-state index contributed by atoms with van der Waals surface area (Å²) in [5.74, 6) is 0. The third kappa shape index (κ3) is 3.95. The Bertz CT molecular complexity index is 657. The van der Waals surface area contributed by atoms with Crippen LogP contribution in [-0.4, -0.2) is 32.5 Å². The SMILES string of the molecule is Cc1ccc(C)c(S(=O)(=O)NC2CCCNC2)c1[N+](=O)[O-].Cl. The van der Waals surface area contributed by atoms with Gasteiger partial charge < -0.3 is 5.32 Å². The Morgan fingerprint density at radius 1 is 1.32 bits per heavy atom. The highest BCUT2D eigenvalue weighted by Gasteiger charge is 2.31. The quantitative estimate of drug-likeness (QED) is 0.636. The Balaban J connectivity index is 0.00000242. The third-order valence-corrected chi connectivity index (χ3v) is 5.30. The highest BCUT2D eigenvalue weighted by molar-refractivity contribution is 7.89. The van der Waals surface area contributed by atoms with E-state index in [2.05, 4.69) is 10.0 Å². The summed E-state index contributed by atoms with van der Waals surface area (Å²) >= 11 is 0. The molecule has 0 bridgehead atoms. The molecule has 1 heterocycles. The van der Waals surface area contributed by atoms with E-state index < -0.39 is 14.9 Å². The third-order valence-electron chi connectivity index (χ3n) is 3.60. The number of aryl methyl sites for hydroxylation is 2. The molecular formula is C13H20ClN3O4S. The number of nitrogens with one attached hydrogen (secondary N) is 2. The number of nitro benzene ring substituents is 1. The van der Waals surface area contributed by atoms with Crippen LogP contribution in [0.4, 0.5) is 5.69 Å². The molecule has 1 saturated heterocycles. The summed E-state index contributed by atoms with van der Waals surface area (Å²) in [6, 6.07) is 2.92. The van der Waals surface area contributed by atoms with Gasteiger partial charge in [0, 0.05) is 18.2 Å². The van der Waals surface area contributed by atoms with Crippen LogP contribution in [0.25, 0.3) is 0 Å². The first-order valence-electron chi connectivity index (χ1n) is 6.80. The summed E-state index contributed by atoms with van der Waals surface area (Å²) in [7, 11) is -3.92. The minimum absolute atomic E-state index is 0. The minimum Gasteiger partial charge on any atom is -0.315 e. The Labute approximate surface area is 136 Å². The molecule has 0 spiro atoms. The van der Waals surface area contributed by atoms with Gasteiger partial charge in [-0.15, -0.1) is 12.4 Å². The van der Waals surface area contributed by atoms with Crippen molar-refractivity contribution >= 4 is 28.1 Å². The molecule has 9 heteroatoms. The zero-order valence-corrected chi connectivity index (χ0v) is 14.1. The van der Waals surface area contributed by atoms with Crippen LogP contribution in [0.1, 0.15) is 24.0 Å². The standard InChI is InChI=1S/C13H19N3O4S.ClH/c1-9-5-6-10(2)13(12(9)16(17)18)21(19,20)15-11-4-3-7-14-8-11;/h5-6,11,14-15H,3-4,7-8H2,1-2H3;1H. The average Bonchev–Trinajstić information content (AvgIpc) is 2.41. The van der Waals surface area contributed by atoms with Crippen LogP contribution < -0.4 is 10.0 Å². The molecule has 1 unspecified atom stereocenters. The molecule has 1 aliphatic heterocycles. The minimum atomic E-state index is -3.92. The van der Waals surface area contributed by atoms with Gasteiger partial charge >= 0.3 is 0 Å². The predicted octanol–water partition coefficient (Wildman–Crippen LogP) is 1.66. The fourth-order valence-corrected chi connectivity index (χ4v) is 4.31. The first-order valence-corrected chi connectivity index (χ1v) is 8.29. The largest absolute Gasteiger partial charge is 0.315 e. The van der Waals surface area contributed by atoms with E-state index in [-0.39, 0.29) is 29.0 Å². The van der Waals surface area contributed by atoms with E-state index in [1.54, 1.807) is 26.0 Å². The van der Waals surface area contributed by atoms with Crippen molar-refractivity contribution in [3.63, 3.8) is 0 Å². The zero-order valence-electron chi connectivity index (χ0n) is 12.5. The van der Waals surface area contributed by atoms with Gasteiger partial charge in [-0.05, 0) is 38.8 Å². The molecule has 0 radical (unpaired) electrons. The summed E-state index contributed by atoms with van der Waals surface area (Å²) in [6.07, 6.45) is 1.60. The second-order valence-corrected chi connectivity index (χ2v) is 6.95. The molecule has 1 aliphatic rings. The van der Waals surface area contributed by atoms with Crippen LogP contribution in [0.3, 0.4) is 0 Å².